The van der Waals surface area contributed by atoms with Crippen LogP contribution in [0.15, 0.2) is 24.3 Å². The standard InChI is InChI=1S/C19H30N2O3/c1-6-23-16-13-19(20,18(16,3)4)17(22)21(5)10-11-24-15-9-7-8-14(2)12-15/h7-9,12,16H,6,10-11,13,20H2,1-5H3. The Morgan fingerprint density at radius 3 is 2.71 bits per heavy atom. The number of amides is 1. The maximum Gasteiger partial charge on any atom is 0.243 e. The fourth-order valence-corrected chi connectivity index (χ4v) is 3.25. The average Bonchev–Trinajstić information content (AvgIpc) is 2.53. The second-order valence-electron chi connectivity index (χ2n) is 7.23. The molecule has 134 valence electrons. The van der Waals surface area contributed by atoms with Gasteiger partial charge in [-0.2, -0.15) is 0 Å². The molecule has 0 saturated heterocycles. The van der Waals surface area contributed by atoms with Crippen LogP contribution in [0.3, 0.4) is 0 Å². The number of ether oxygens (including phenoxy) is 2. The Balaban J connectivity index is 1.88. The smallest absolute Gasteiger partial charge is 0.243 e. The molecular formula is C19H30N2O3. The summed E-state index contributed by atoms with van der Waals surface area (Å²) in [5, 5.41) is 0. The number of hydrogen-bond donors (Lipinski definition) is 1. The van der Waals surface area contributed by atoms with Crippen molar-refractivity contribution in [3.63, 3.8) is 0 Å². The van der Waals surface area contributed by atoms with Crippen LogP contribution in [0.1, 0.15) is 32.8 Å². The topological polar surface area (TPSA) is 64.8 Å². The highest BCUT2D eigenvalue weighted by atomic mass is 16.5. The van der Waals surface area contributed by atoms with Gasteiger partial charge in [-0.15, -0.1) is 0 Å². The number of rotatable bonds is 7. The number of benzene rings is 1. The number of likely N-dealkylation sites (N-methyl/N-ethyl adjacent to an activating group) is 1. The van der Waals surface area contributed by atoms with E-state index in [4.69, 9.17) is 15.2 Å². The molecule has 1 amide bonds. The molecule has 1 aromatic rings. The Morgan fingerprint density at radius 1 is 1.42 bits per heavy atom. The van der Waals surface area contributed by atoms with Crippen LogP contribution in [0.5, 0.6) is 5.75 Å². The molecule has 1 aromatic carbocycles. The fraction of sp³-hybridized carbons (Fsp3) is 0.632. The van der Waals surface area contributed by atoms with Crippen LogP contribution in [0.25, 0.3) is 0 Å². The van der Waals surface area contributed by atoms with Crippen molar-refractivity contribution in [2.75, 3.05) is 26.8 Å². The summed E-state index contributed by atoms with van der Waals surface area (Å²) in [4.78, 5) is 14.5. The number of carbonyl (C=O) groups is 1. The first-order chi connectivity index (χ1) is 11.2. The molecule has 0 bridgehead atoms. The molecule has 0 aliphatic heterocycles. The van der Waals surface area contributed by atoms with Gasteiger partial charge in [-0.05, 0) is 31.5 Å². The van der Waals surface area contributed by atoms with E-state index in [1.807, 2.05) is 52.0 Å². The lowest BCUT2D eigenvalue weighted by Gasteiger charge is -2.58. The van der Waals surface area contributed by atoms with Crippen molar-refractivity contribution >= 4 is 5.91 Å². The monoisotopic (exact) mass is 334 g/mol. The molecule has 5 nitrogen and oxygen atoms in total. The summed E-state index contributed by atoms with van der Waals surface area (Å²) in [5.74, 6) is 0.773. The highest BCUT2D eigenvalue weighted by Gasteiger charge is 2.63. The molecule has 2 atom stereocenters. The number of nitrogens with two attached hydrogens (primary N) is 1. The lowest BCUT2D eigenvalue weighted by atomic mass is 9.54. The minimum Gasteiger partial charge on any atom is -0.492 e. The van der Waals surface area contributed by atoms with Gasteiger partial charge in [0.2, 0.25) is 5.91 Å². The molecule has 1 aliphatic carbocycles. The zero-order valence-electron chi connectivity index (χ0n) is 15.5. The maximum absolute atomic E-state index is 12.8. The van der Waals surface area contributed by atoms with Gasteiger partial charge < -0.3 is 20.1 Å². The zero-order valence-corrected chi connectivity index (χ0v) is 15.5. The van der Waals surface area contributed by atoms with Gasteiger partial charge in [-0.3, -0.25) is 4.79 Å². The lowest BCUT2D eigenvalue weighted by molar-refractivity contribution is -0.178. The van der Waals surface area contributed by atoms with Crippen molar-refractivity contribution in [3.05, 3.63) is 29.8 Å². The van der Waals surface area contributed by atoms with Crippen LogP contribution in [0.4, 0.5) is 0 Å². The van der Waals surface area contributed by atoms with E-state index < -0.39 is 5.54 Å². The van der Waals surface area contributed by atoms with Crippen molar-refractivity contribution in [2.45, 2.75) is 45.8 Å². The highest BCUT2D eigenvalue weighted by molar-refractivity contribution is 5.88. The number of nitrogens with zero attached hydrogens (tertiary/aromatic N) is 1. The van der Waals surface area contributed by atoms with E-state index in [1.54, 1.807) is 11.9 Å². The van der Waals surface area contributed by atoms with E-state index >= 15 is 0 Å². The van der Waals surface area contributed by atoms with Crippen LogP contribution in [-0.2, 0) is 9.53 Å². The van der Waals surface area contributed by atoms with Gasteiger partial charge in [-0.25, -0.2) is 0 Å². The van der Waals surface area contributed by atoms with Crippen molar-refractivity contribution in [1.29, 1.82) is 0 Å². The molecule has 5 heteroatoms. The van der Waals surface area contributed by atoms with E-state index in [2.05, 4.69) is 0 Å². The molecule has 2 unspecified atom stereocenters. The van der Waals surface area contributed by atoms with Crippen LogP contribution in [0, 0.1) is 12.3 Å². The normalized spacial score (nSPS) is 25.0. The second-order valence-corrected chi connectivity index (χ2v) is 7.23. The predicted molar refractivity (Wildman–Crippen MR) is 95.0 cm³/mol. The van der Waals surface area contributed by atoms with Gasteiger partial charge >= 0.3 is 0 Å². The van der Waals surface area contributed by atoms with Crippen LogP contribution >= 0.6 is 0 Å². The molecule has 1 fully saturated rings. The van der Waals surface area contributed by atoms with E-state index in [1.165, 1.54) is 0 Å². The number of carbonyl (C=O) groups excluding carboxylic acids is 1. The van der Waals surface area contributed by atoms with Gasteiger partial charge in [0.05, 0.1) is 12.6 Å². The molecule has 24 heavy (non-hydrogen) atoms. The first-order valence-corrected chi connectivity index (χ1v) is 8.58. The largest absolute Gasteiger partial charge is 0.492 e. The van der Waals surface area contributed by atoms with E-state index in [0.29, 0.717) is 26.2 Å². The average molecular weight is 334 g/mol. The Hall–Kier alpha value is -1.59. The first kappa shape index (κ1) is 18.7. The minimum atomic E-state index is -0.870. The van der Waals surface area contributed by atoms with E-state index in [-0.39, 0.29) is 17.4 Å². The molecule has 0 spiro atoms. The molecular weight excluding hydrogens is 304 g/mol. The predicted octanol–water partition coefficient (Wildman–Crippen LogP) is 2.36. The van der Waals surface area contributed by atoms with Crippen LogP contribution < -0.4 is 10.5 Å². The molecule has 0 heterocycles. The molecule has 2 rings (SSSR count). The summed E-state index contributed by atoms with van der Waals surface area (Å²) in [7, 11) is 1.78. The summed E-state index contributed by atoms with van der Waals surface area (Å²) in [6, 6.07) is 7.88. The summed E-state index contributed by atoms with van der Waals surface area (Å²) in [5.41, 5.74) is 6.35. The van der Waals surface area contributed by atoms with Gasteiger partial charge in [0.15, 0.2) is 0 Å². The quantitative estimate of drug-likeness (QED) is 0.831. The van der Waals surface area contributed by atoms with Crippen LogP contribution in [-0.4, -0.2) is 49.3 Å². The lowest BCUT2D eigenvalue weighted by Crippen LogP contribution is -2.75. The van der Waals surface area contributed by atoms with Gasteiger partial charge in [0.25, 0.3) is 0 Å². The molecule has 1 saturated carbocycles. The first-order valence-electron chi connectivity index (χ1n) is 8.58. The summed E-state index contributed by atoms with van der Waals surface area (Å²) in [6.45, 7) is 9.58. The number of hydrogen-bond acceptors (Lipinski definition) is 4. The summed E-state index contributed by atoms with van der Waals surface area (Å²) in [6.07, 6.45) is 0.601. The molecule has 0 aromatic heterocycles. The Labute approximate surface area is 145 Å². The van der Waals surface area contributed by atoms with Crippen molar-refractivity contribution in [1.82, 2.24) is 4.90 Å². The Bertz CT molecular complexity index is 588. The molecule has 0 radical (unpaired) electrons. The zero-order chi connectivity index (χ0) is 18.0. The van der Waals surface area contributed by atoms with Crippen molar-refractivity contribution in [3.8, 4) is 5.75 Å². The third-order valence-corrected chi connectivity index (χ3v) is 5.24. The van der Waals surface area contributed by atoms with Crippen molar-refractivity contribution < 1.29 is 14.3 Å². The van der Waals surface area contributed by atoms with E-state index in [9.17, 15) is 4.79 Å². The van der Waals surface area contributed by atoms with Gasteiger partial charge in [-0.1, -0.05) is 26.0 Å². The molecule has 2 N–H and O–H groups in total. The van der Waals surface area contributed by atoms with Crippen LogP contribution in [0.2, 0.25) is 0 Å². The Kier molecular flexibility index (Phi) is 5.56. The minimum absolute atomic E-state index is 0.0355. The SMILES string of the molecule is CCOC1CC(N)(C(=O)N(C)CCOc2cccc(C)c2)C1(C)C. The Morgan fingerprint density at radius 2 is 2.12 bits per heavy atom. The maximum atomic E-state index is 12.8. The third-order valence-electron chi connectivity index (χ3n) is 5.24. The van der Waals surface area contributed by atoms with E-state index in [0.717, 1.165) is 11.3 Å². The number of aryl methyl sites for hydroxylation is 1. The second kappa shape index (κ2) is 7.11. The van der Waals surface area contributed by atoms with Gasteiger partial charge in [0.1, 0.15) is 17.9 Å². The summed E-state index contributed by atoms with van der Waals surface area (Å²) >= 11 is 0. The third kappa shape index (κ3) is 3.42. The molecule has 1 aliphatic rings. The van der Waals surface area contributed by atoms with Crippen molar-refractivity contribution in [2.24, 2.45) is 11.1 Å². The highest BCUT2D eigenvalue weighted by Crippen LogP contribution is 2.50. The van der Waals surface area contributed by atoms with Gasteiger partial charge in [0, 0.05) is 25.5 Å². The fourth-order valence-electron chi connectivity index (χ4n) is 3.25. The summed E-state index contributed by atoms with van der Waals surface area (Å²) < 4.78 is 11.4.